The van der Waals surface area contributed by atoms with E-state index in [-0.39, 0.29) is 11.8 Å². The van der Waals surface area contributed by atoms with E-state index < -0.39 is 0 Å². The van der Waals surface area contributed by atoms with Crippen LogP contribution in [-0.4, -0.2) is 0 Å². The molecular weight excluding hydrogens is 821 g/mol. The Morgan fingerprint density at radius 2 is 0.647 bits per heavy atom. The summed E-state index contributed by atoms with van der Waals surface area (Å²) in [6.07, 6.45) is 0. The molecule has 10 rings (SSSR count). The van der Waals surface area contributed by atoms with Crippen LogP contribution in [0.4, 0.5) is 34.1 Å². The second kappa shape index (κ2) is 17.5. The van der Waals surface area contributed by atoms with Gasteiger partial charge in [-0.2, -0.15) is 0 Å². The van der Waals surface area contributed by atoms with Crippen molar-refractivity contribution in [2.45, 2.75) is 94.9 Å². The average Bonchev–Trinajstić information content (AvgIpc) is 3.31. The van der Waals surface area contributed by atoms with Crippen LogP contribution in [0.5, 0.6) is 0 Å². The fourth-order valence-electron chi connectivity index (χ4n) is 11.1. The highest BCUT2D eigenvalue weighted by Crippen LogP contribution is 2.52. The molecule has 68 heavy (non-hydrogen) atoms. The first-order valence-corrected chi connectivity index (χ1v) is 24.6. The Kier molecular flexibility index (Phi) is 11.5. The van der Waals surface area contributed by atoms with Crippen molar-refractivity contribution in [2.24, 2.45) is 0 Å². The van der Waals surface area contributed by atoms with Crippen molar-refractivity contribution in [1.29, 1.82) is 0 Å². The normalized spacial score (nSPS) is 11.8. The maximum absolute atomic E-state index is 2.55. The minimum absolute atomic E-state index is 0.281. The Morgan fingerprint density at radius 1 is 0.309 bits per heavy atom. The van der Waals surface area contributed by atoms with Gasteiger partial charge in [-0.25, -0.2) is 0 Å². The summed E-state index contributed by atoms with van der Waals surface area (Å²) in [6, 6.07) is 60.3. The summed E-state index contributed by atoms with van der Waals surface area (Å²) in [5, 5.41) is 7.81. The van der Waals surface area contributed by atoms with Crippen molar-refractivity contribution >= 4 is 66.4 Å². The number of benzene rings is 10. The highest BCUT2D eigenvalue weighted by atomic mass is 15.2. The second-order valence-corrected chi connectivity index (χ2v) is 20.2. The lowest BCUT2D eigenvalue weighted by atomic mass is 9.83. The Hall–Kier alpha value is -7.16. The van der Waals surface area contributed by atoms with E-state index in [0.29, 0.717) is 0 Å². The number of nitrogens with zero attached hydrogens (tertiary/aromatic N) is 2. The molecule has 0 radical (unpaired) electrons. The van der Waals surface area contributed by atoms with Crippen LogP contribution in [-0.2, 0) is 0 Å². The SMILES string of the molecule is Cc1ccc(N(c2cc(-c3c(C)cccc3C)ccc2C)c2cc(C(C)C)c3ccc4c(N(c5ccc(C)cc5)c5cc(-c6c(C)cccc6C)ccc5C)cc(C(C)C)c5ccc2c3c54)cc1. The lowest BCUT2D eigenvalue weighted by Crippen LogP contribution is -2.14. The van der Waals surface area contributed by atoms with Crippen molar-refractivity contribution in [2.75, 3.05) is 9.80 Å². The molecule has 0 aliphatic rings. The van der Waals surface area contributed by atoms with E-state index in [1.165, 1.54) is 133 Å². The zero-order valence-electron chi connectivity index (χ0n) is 42.1. The van der Waals surface area contributed by atoms with Gasteiger partial charge < -0.3 is 9.80 Å². The van der Waals surface area contributed by atoms with E-state index in [0.717, 1.165) is 11.4 Å². The summed E-state index contributed by atoms with van der Waals surface area (Å²) in [7, 11) is 0. The lowest BCUT2D eigenvalue weighted by molar-refractivity contribution is 0.875. The van der Waals surface area contributed by atoms with Gasteiger partial charge >= 0.3 is 0 Å². The molecule has 0 saturated heterocycles. The van der Waals surface area contributed by atoms with Crippen molar-refractivity contribution < 1.29 is 0 Å². The fraction of sp³-hybridized carbons (Fsp3) is 0.212. The number of anilines is 6. The third-order valence-corrected chi connectivity index (χ3v) is 14.7. The molecule has 338 valence electrons. The van der Waals surface area contributed by atoms with Crippen LogP contribution in [0.25, 0.3) is 54.6 Å². The minimum atomic E-state index is 0.281. The van der Waals surface area contributed by atoms with Crippen LogP contribution in [0.2, 0.25) is 0 Å². The van der Waals surface area contributed by atoms with Gasteiger partial charge in [-0.05, 0) is 204 Å². The van der Waals surface area contributed by atoms with E-state index >= 15 is 0 Å². The van der Waals surface area contributed by atoms with Gasteiger partial charge in [0.15, 0.2) is 0 Å². The largest absolute Gasteiger partial charge is 0.310 e. The van der Waals surface area contributed by atoms with Crippen LogP contribution in [0, 0.1) is 55.4 Å². The number of aryl methyl sites for hydroxylation is 8. The van der Waals surface area contributed by atoms with Crippen molar-refractivity contribution in [3.05, 3.63) is 213 Å². The zero-order chi connectivity index (χ0) is 47.7. The van der Waals surface area contributed by atoms with Crippen molar-refractivity contribution in [1.82, 2.24) is 0 Å². The standard InChI is InChI=1S/C66H64N2/c1-39(2)57-37-61(67(51-27-19-41(5)20-28-51)59-35-49(25-23-43(59)7)63-45(9)15-13-16-46(63)10)55-34-32-54-58(40(3)4)38-62(56-33-31-53(57)65(55)66(54)56)68(52-29-21-42(6)22-30-52)60-36-50(26-24-44(60)8)64-47(11)17-14-18-48(64)12/h13-40H,1-12H3. The molecule has 2 heteroatoms. The summed E-state index contributed by atoms with van der Waals surface area (Å²) in [5.41, 5.74) is 25.0. The van der Waals surface area contributed by atoms with E-state index in [2.05, 4.69) is 251 Å². The maximum atomic E-state index is 2.55. The van der Waals surface area contributed by atoms with Crippen molar-refractivity contribution in [3.8, 4) is 22.3 Å². The summed E-state index contributed by atoms with van der Waals surface area (Å²) in [4.78, 5) is 5.10. The summed E-state index contributed by atoms with van der Waals surface area (Å²) in [6.45, 7) is 27.3. The minimum Gasteiger partial charge on any atom is -0.310 e. The molecule has 0 aromatic heterocycles. The predicted octanol–water partition coefficient (Wildman–Crippen LogP) is 19.6. The van der Waals surface area contributed by atoms with Gasteiger partial charge in [0.05, 0.1) is 11.4 Å². The maximum Gasteiger partial charge on any atom is 0.0543 e. The van der Waals surface area contributed by atoms with Gasteiger partial charge in [0, 0.05) is 33.5 Å². The molecule has 0 aliphatic carbocycles. The van der Waals surface area contributed by atoms with Gasteiger partial charge in [-0.15, -0.1) is 0 Å². The molecule has 0 amide bonds. The first-order valence-electron chi connectivity index (χ1n) is 24.6. The molecule has 0 N–H and O–H groups in total. The van der Waals surface area contributed by atoms with E-state index in [4.69, 9.17) is 0 Å². The van der Waals surface area contributed by atoms with Gasteiger partial charge in [0.1, 0.15) is 0 Å². The topological polar surface area (TPSA) is 6.48 Å². The molecule has 0 unspecified atom stereocenters. The van der Waals surface area contributed by atoms with Crippen LogP contribution in [0.1, 0.15) is 95.2 Å². The molecule has 0 fully saturated rings. The summed E-state index contributed by atoms with van der Waals surface area (Å²) >= 11 is 0. The first kappa shape index (κ1) is 44.7. The summed E-state index contributed by atoms with van der Waals surface area (Å²) < 4.78 is 0. The van der Waals surface area contributed by atoms with Crippen molar-refractivity contribution in [3.63, 3.8) is 0 Å². The molecular formula is C66H64N2. The highest BCUT2D eigenvalue weighted by Gasteiger charge is 2.27. The van der Waals surface area contributed by atoms with Gasteiger partial charge in [-0.1, -0.05) is 148 Å². The van der Waals surface area contributed by atoms with Crippen LogP contribution in [0.3, 0.4) is 0 Å². The average molecular weight is 885 g/mol. The number of hydrogen-bond acceptors (Lipinski definition) is 2. The number of rotatable bonds is 10. The summed E-state index contributed by atoms with van der Waals surface area (Å²) in [5.74, 6) is 0.562. The lowest BCUT2D eigenvalue weighted by Gasteiger charge is -2.33. The van der Waals surface area contributed by atoms with E-state index in [1.54, 1.807) is 0 Å². The predicted molar refractivity (Wildman–Crippen MR) is 296 cm³/mol. The molecule has 0 aliphatic heterocycles. The number of hydrogen-bond donors (Lipinski definition) is 0. The molecule has 2 nitrogen and oxygen atoms in total. The molecule has 0 bridgehead atoms. The Balaban J connectivity index is 1.31. The zero-order valence-corrected chi connectivity index (χ0v) is 42.1. The Labute approximate surface area is 404 Å². The highest BCUT2D eigenvalue weighted by molar-refractivity contribution is 6.29. The smallest absolute Gasteiger partial charge is 0.0543 e. The van der Waals surface area contributed by atoms with Gasteiger partial charge in [0.2, 0.25) is 0 Å². The Morgan fingerprint density at radius 3 is 0.985 bits per heavy atom. The van der Waals surface area contributed by atoms with E-state index in [1.807, 2.05) is 0 Å². The molecule has 0 saturated carbocycles. The quantitative estimate of drug-likeness (QED) is 0.126. The molecule has 0 atom stereocenters. The van der Waals surface area contributed by atoms with Crippen LogP contribution >= 0.6 is 0 Å². The first-order chi connectivity index (χ1) is 32.7. The van der Waals surface area contributed by atoms with Gasteiger partial charge in [-0.3, -0.25) is 0 Å². The monoisotopic (exact) mass is 885 g/mol. The Bertz CT molecular complexity index is 3260. The van der Waals surface area contributed by atoms with Crippen LogP contribution < -0.4 is 9.80 Å². The molecule has 0 spiro atoms. The third-order valence-electron chi connectivity index (χ3n) is 14.7. The molecule has 10 aromatic rings. The van der Waals surface area contributed by atoms with E-state index in [9.17, 15) is 0 Å². The van der Waals surface area contributed by atoms with Gasteiger partial charge in [0.25, 0.3) is 0 Å². The molecule has 0 heterocycles. The molecule has 10 aromatic carbocycles. The second-order valence-electron chi connectivity index (χ2n) is 20.2. The third kappa shape index (κ3) is 7.61. The fourth-order valence-corrected chi connectivity index (χ4v) is 11.1. The van der Waals surface area contributed by atoms with Crippen LogP contribution in [0.15, 0.2) is 158 Å².